The van der Waals surface area contributed by atoms with E-state index in [-0.39, 0.29) is 32.5 Å². The van der Waals surface area contributed by atoms with Crippen LogP contribution in [0.15, 0.2) is 59.1 Å². The molecule has 0 unspecified atom stereocenters. The van der Waals surface area contributed by atoms with Crippen molar-refractivity contribution < 1.29 is 22.7 Å². The lowest BCUT2D eigenvalue weighted by molar-refractivity contribution is -0.114. The molecular formula is C20H18ClNO5S. The molecule has 0 saturated heterocycles. The Kier molecular flexibility index (Phi) is 5.32. The topological polar surface area (TPSA) is 80.8 Å². The third kappa shape index (κ3) is 3.31. The van der Waals surface area contributed by atoms with Crippen LogP contribution < -0.4 is 0 Å². The van der Waals surface area contributed by atoms with E-state index in [9.17, 15) is 18.0 Å². The summed E-state index contributed by atoms with van der Waals surface area (Å²) in [6.07, 6.45) is 0. The van der Waals surface area contributed by atoms with Crippen LogP contribution in [0.2, 0.25) is 5.02 Å². The van der Waals surface area contributed by atoms with Gasteiger partial charge in [0.1, 0.15) is 5.70 Å². The van der Waals surface area contributed by atoms with Gasteiger partial charge in [-0.15, -0.1) is 0 Å². The van der Waals surface area contributed by atoms with Gasteiger partial charge in [0.2, 0.25) is 0 Å². The molecule has 1 aliphatic heterocycles. The van der Waals surface area contributed by atoms with Crippen LogP contribution in [0, 0.1) is 0 Å². The highest BCUT2D eigenvalue weighted by Crippen LogP contribution is 2.39. The van der Waals surface area contributed by atoms with E-state index in [0.29, 0.717) is 0 Å². The zero-order valence-electron chi connectivity index (χ0n) is 15.5. The molecule has 146 valence electrons. The summed E-state index contributed by atoms with van der Waals surface area (Å²) in [6.45, 7) is 4.52. The third-order valence-corrected chi connectivity index (χ3v) is 6.56. The summed E-state index contributed by atoms with van der Waals surface area (Å²) in [5.74, 6) is -1.41. The van der Waals surface area contributed by atoms with Crippen LogP contribution in [0.3, 0.4) is 0 Å². The van der Waals surface area contributed by atoms with Crippen molar-refractivity contribution in [3.63, 3.8) is 0 Å². The Hall–Kier alpha value is -2.64. The van der Waals surface area contributed by atoms with Gasteiger partial charge in [-0.05, 0) is 38.1 Å². The monoisotopic (exact) mass is 419 g/mol. The van der Waals surface area contributed by atoms with Crippen LogP contribution in [0.1, 0.15) is 36.7 Å². The minimum absolute atomic E-state index is 0.0318. The van der Waals surface area contributed by atoms with Gasteiger partial charge >= 0.3 is 5.97 Å². The summed E-state index contributed by atoms with van der Waals surface area (Å²) >= 11 is 6.07. The highest BCUT2D eigenvalue weighted by atomic mass is 35.5. The highest BCUT2D eigenvalue weighted by molar-refractivity contribution is 7.89. The number of hydrogen-bond donors (Lipinski definition) is 0. The quantitative estimate of drug-likeness (QED) is 0.703. The van der Waals surface area contributed by atoms with Crippen molar-refractivity contribution in [2.24, 2.45) is 0 Å². The number of hydrogen-bond acceptors (Lipinski definition) is 5. The summed E-state index contributed by atoms with van der Waals surface area (Å²) < 4.78 is 32.7. The number of carbonyl (C=O) groups excluding carboxylic acids is 2. The number of ketones is 1. The SMILES string of the molecule is CC(=O)C1=C(OC(=O)c2ccccc2Cl)c2ccccc2S(=O)(=O)N1C(C)C. The third-order valence-electron chi connectivity index (χ3n) is 4.20. The van der Waals surface area contributed by atoms with E-state index in [0.717, 1.165) is 4.31 Å². The lowest BCUT2D eigenvalue weighted by atomic mass is 10.1. The Morgan fingerprint density at radius 1 is 1.04 bits per heavy atom. The molecule has 0 radical (unpaired) electrons. The fourth-order valence-electron chi connectivity index (χ4n) is 3.06. The van der Waals surface area contributed by atoms with Crippen LogP contribution in [-0.2, 0) is 19.6 Å². The summed E-state index contributed by atoms with van der Waals surface area (Å²) in [4.78, 5) is 25.1. The molecule has 6 nitrogen and oxygen atoms in total. The number of halogens is 1. The van der Waals surface area contributed by atoms with Crippen LogP contribution in [0.4, 0.5) is 0 Å². The summed E-state index contributed by atoms with van der Waals surface area (Å²) in [7, 11) is -3.98. The maximum Gasteiger partial charge on any atom is 0.345 e. The second kappa shape index (κ2) is 7.41. The number of Topliss-reactive ketones (excluding diaryl/α,β-unsaturated/α-hetero) is 1. The first-order valence-corrected chi connectivity index (χ1v) is 10.3. The predicted octanol–water partition coefficient (Wildman–Crippen LogP) is 3.87. The molecule has 3 rings (SSSR count). The van der Waals surface area contributed by atoms with Crippen molar-refractivity contribution in [1.82, 2.24) is 4.31 Å². The van der Waals surface area contributed by atoms with Crippen molar-refractivity contribution >= 4 is 39.1 Å². The number of allylic oxidation sites excluding steroid dienone is 1. The van der Waals surface area contributed by atoms with E-state index in [1.807, 2.05) is 0 Å². The lowest BCUT2D eigenvalue weighted by Crippen LogP contribution is -2.42. The number of rotatable bonds is 4. The average Bonchev–Trinajstić information content (AvgIpc) is 2.63. The number of fused-ring (bicyclic) bond motifs is 1. The fraction of sp³-hybridized carbons (Fsp3) is 0.200. The molecule has 0 aliphatic carbocycles. The fourth-order valence-corrected chi connectivity index (χ4v) is 5.18. The first-order valence-electron chi connectivity index (χ1n) is 8.52. The van der Waals surface area contributed by atoms with E-state index in [1.54, 1.807) is 38.1 Å². The molecule has 8 heteroatoms. The number of nitrogens with zero attached hydrogens (tertiary/aromatic N) is 1. The van der Waals surface area contributed by atoms with Crippen molar-refractivity contribution in [3.05, 3.63) is 70.4 Å². The summed E-state index contributed by atoms with van der Waals surface area (Å²) in [6, 6.07) is 11.9. The van der Waals surface area contributed by atoms with E-state index in [1.165, 1.54) is 31.2 Å². The zero-order valence-corrected chi connectivity index (χ0v) is 17.0. The Balaban J connectivity index is 2.25. The molecule has 2 aromatic rings. The normalized spacial score (nSPS) is 15.4. The van der Waals surface area contributed by atoms with Gasteiger partial charge < -0.3 is 4.74 Å². The van der Waals surface area contributed by atoms with Crippen LogP contribution in [-0.4, -0.2) is 30.5 Å². The van der Waals surface area contributed by atoms with E-state index in [2.05, 4.69) is 0 Å². The first kappa shape index (κ1) is 20.1. The van der Waals surface area contributed by atoms with E-state index < -0.39 is 27.8 Å². The van der Waals surface area contributed by atoms with Gasteiger partial charge in [-0.25, -0.2) is 13.2 Å². The van der Waals surface area contributed by atoms with Crippen LogP contribution >= 0.6 is 11.6 Å². The van der Waals surface area contributed by atoms with E-state index >= 15 is 0 Å². The van der Waals surface area contributed by atoms with Gasteiger partial charge in [-0.3, -0.25) is 9.10 Å². The predicted molar refractivity (Wildman–Crippen MR) is 105 cm³/mol. The zero-order chi connectivity index (χ0) is 20.6. The van der Waals surface area contributed by atoms with Crippen molar-refractivity contribution in [2.45, 2.75) is 31.7 Å². The minimum atomic E-state index is -3.98. The molecule has 0 amide bonds. The molecule has 0 N–H and O–H groups in total. The second-order valence-electron chi connectivity index (χ2n) is 6.49. The van der Waals surface area contributed by atoms with E-state index in [4.69, 9.17) is 16.3 Å². The Morgan fingerprint density at radius 3 is 2.25 bits per heavy atom. The molecule has 0 aromatic heterocycles. The number of carbonyl (C=O) groups is 2. The van der Waals surface area contributed by atoms with Crippen LogP contribution in [0.25, 0.3) is 5.76 Å². The minimum Gasteiger partial charge on any atom is -0.420 e. The number of sulfonamides is 1. The highest BCUT2D eigenvalue weighted by Gasteiger charge is 2.41. The van der Waals surface area contributed by atoms with Gasteiger partial charge in [0.15, 0.2) is 11.5 Å². The Bertz CT molecular complexity index is 1110. The van der Waals surface area contributed by atoms with Gasteiger partial charge in [-0.2, -0.15) is 0 Å². The van der Waals surface area contributed by atoms with Gasteiger partial charge in [0, 0.05) is 18.5 Å². The van der Waals surface area contributed by atoms with Gasteiger partial charge in [0.05, 0.1) is 15.5 Å². The molecule has 0 bridgehead atoms. The molecule has 0 atom stereocenters. The van der Waals surface area contributed by atoms with Gasteiger partial charge in [-0.1, -0.05) is 35.9 Å². The number of ether oxygens (including phenoxy) is 1. The Morgan fingerprint density at radius 2 is 1.64 bits per heavy atom. The molecular weight excluding hydrogens is 402 g/mol. The molecule has 1 aliphatic rings. The molecule has 2 aromatic carbocycles. The first-order chi connectivity index (χ1) is 13.2. The molecule has 28 heavy (non-hydrogen) atoms. The largest absolute Gasteiger partial charge is 0.420 e. The Labute approximate surface area is 168 Å². The second-order valence-corrected chi connectivity index (χ2v) is 8.68. The van der Waals surface area contributed by atoms with Gasteiger partial charge in [0.25, 0.3) is 10.0 Å². The smallest absolute Gasteiger partial charge is 0.345 e. The number of esters is 1. The van der Waals surface area contributed by atoms with Crippen molar-refractivity contribution in [3.8, 4) is 0 Å². The van der Waals surface area contributed by atoms with Crippen LogP contribution in [0.5, 0.6) is 0 Å². The average molecular weight is 420 g/mol. The summed E-state index contributed by atoms with van der Waals surface area (Å²) in [5.41, 5.74) is 0.0840. The van der Waals surface area contributed by atoms with Crippen molar-refractivity contribution in [2.75, 3.05) is 0 Å². The summed E-state index contributed by atoms with van der Waals surface area (Å²) in [5, 5.41) is 0.190. The number of benzene rings is 2. The maximum atomic E-state index is 13.1. The molecule has 1 heterocycles. The molecule has 0 fully saturated rings. The molecule has 0 saturated carbocycles. The lowest BCUT2D eigenvalue weighted by Gasteiger charge is -2.34. The molecule has 0 spiro atoms. The standard InChI is InChI=1S/C20H18ClNO5S/c1-12(2)22-18(13(3)23)19(15-9-5-7-11-17(15)28(22,25)26)27-20(24)14-8-4-6-10-16(14)21/h4-12H,1-3H3. The van der Waals surface area contributed by atoms with Crippen molar-refractivity contribution in [1.29, 1.82) is 0 Å². The maximum absolute atomic E-state index is 13.1.